The van der Waals surface area contributed by atoms with Crippen LogP contribution in [0, 0.1) is 5.92 Å². The molecule has 0 saturated carbocycles. The molecule has 0 radical (unpaired) electrons. The molecule has 0 fully saturated rings. The Labute approximate surface area is 105 Å². The van der Waals surface area contributed by atoms with Gasteiger partial charge in [0.05, 0.1) is 0 Å². The van der Waals surface area contributed by atoms with Crippen molar-refractivity contribution in [1.82, 2.24) is 10.6 Å². The van der Waals surface area contributed by atoms with Crippen molar-refractivity contribution in [3.8, 4) is 0 Å². The Bertz CT molecular complexity index is 341. The number of nitrogens with two attached hydrogens (primary N) is 1. The minimum absolute atomic E-state index is 0.0997. The predicted octanol–water partition coefficient (Wildman–Crippen LogP) is -0.175. The van der Waals surface area contributed by atoms with Crippen LogP contribution in [0.3, 0.4) is 0 Å². The summed E-state index contributed by atoms with van der Waals surface area (Å²) in [7, 11) is 0. The summed E-state index contributed by atoms with van der Waals surface area (Å²) in [4.78, 5) is 33.5. The Morgan fingerprint density at radius 2 is 1.89 bits per heavy atom. The molecular weight excluding hydrogens is 238 g/mol. The summed E-state index contributed by atoms with van der Waals surface area (Å²) in [6.07, 6.45) is 1.49. The molecule has 0 aromatic carbocycles. The lowest BCUT2D eigenvalue weighted by Gasteiger charge is -2.22. The van der Waals surface area contributed by atoms with Gasteiger partial charge >= 0.3 is 12.0 Å². The fourth-order valence-corrected chi connectivity index (χ4v) is 1.34. The second-order valence-electron chi connectivity index (χ2n) is 4.15. The molecule has 0 aliphatic heterocycles. The molecule has 18 heavy (non-hydrogen) atoms. The summed E-state index contributed by atoms with van der Waals surface area (Å²) in [5.41, 5.74) is 4.96. The first-order valence-electron chi connectivity index (χ1n) is 5.49. The molecule has 7 nitrogen and oxygen atoms in total. The quantitative estimate of drug-likeness (QED) is 0.473. The summed E-state index contributed by atoms with van der Waals surface area (Å²) in [5, 5.41) is 13.5. The van der Waals surface area contributed by atoms with Crippen LogP contribution >= 0.6 is 0 Å². The van der Waals surface area contributed by atoms with Gasteiger partial charge in [-0.05, 0) is 12.3 Å². The molecule has 3 amide bonds. The van der Waals surface area contributed by atoms with Crippen LogP contribution < -0.4 is 16.4 Å². The van der Waals surface area contributed by atoms with Gasteiger partial charge in [0, 0.05) is 0 Å². The van der Waals surface area contributed by atoms with Crippen LogP contribution in [0.15, 0.2) is 12.7 Å². The van der Waals surface area contributed by atoms with Gasteiger partial charge in [0.2, 0.25) is 5.91 Å². The van der Waals surface area contributed by atoms with E-state index in [0.29, 0.717) is 0 Å². The summed E-state index contributed by atoms with van der Waals surface area (Å²) in [6.45, 7) is 6.84. The maximum atomic E-state index is 11.8. The third-order valence-electron chi connectivity index (χ3n) is 2.26. The highest BCUT2D eigenvalue weighted by atomic mass is 16.4. The Hall–Kier alpha value is -2.05. The number of carboxylic acid groups (broad SMARTS) is 1. The summed E-state index contributed by atoms with van der Waals surface area (Å²) in [6, 6.07) is -2.76. The number of carbonyl (C=O) groups is 3. The summed E-state index contributed by atoms with van der Waals surface area (Å²) in [5.74, 6) is -1.96. The van der Waals surface area contributed by atoms with E-state index in [0.717, 1.165) is 0 Å². The molecule has 7 heteroatoms. The fraction of sp³-hybridized carbons (Fsp3) is 0.545. The Balaban J connectivity index is 4.71. The van der Waals surface area contributed by atoms with E-state index < -0.39 is 30.0 Å². The van der Waals surface area contributed by atoms with E-state index in [2.05, 4.69) is 17.2 Å². The van der Waals surface area contributed by atoms with Crippen molar-refractivity contribution < 1.29 is 19.5 Å². The van der Waals surface area contributed by atoms with Crippen molar-refractivity contribution in [2.45, 2.75) is 32.4 Å². The third kappa shape index (κ3) is 5.33. The number of aliphatic carboxylic acids is 1. The molecule has 0 aromatic heterocycles. The molecule has 0 bridgehead atoms. The number of hydrogen-bond acceptors (Lipinski definition) is 3. The standard InChI is InChI=1S/C11H19N3O4/c1-4-5-7(10(16)17)13-9(15)8(6(2)3)14-11(12)18/h4,6-8H,1,5H2,2-3H3,(H,13,15)(H,16,17)(H3,12,14,18). The zero-order valence-corrected chi connectivity index (χ0v) is 10.5. The van der Waals surface area contributed by atoms with E-state index >= 15 is 0 Å². The average molecular weight is 257 g/mol. The molecule has 2 atom stereocenters. The number of rotatable bonds is 7. The maximum absolute atomic E-state index is 11.8. The molecule has 102 valence electrons. The SMILES string of the molecule is C=CCC(NC(=O)C(NC(N)=O)C(C)C)C(=O)O. The Morgan fingerprint density at radius 1 is 1.33 bits per heavy atom. The highest BCUT2D eigenvalue weighted by Gasteiger charge is 2.27. The van der Waals surface area contributed by atoms with E-state index in [1.807, 2.05) is 0 Å². The van der Waals surface area contributed by atoms with Crippen LogP contribution in [-0.2, 0) is 9.59 Å². The first-order chi connectivity index (χ1) is 8.29. The number of carbonyl (C=O) groups excluding carboxylic acids is 2. The molecular formula is C11H19N3O4. The van der Waals surface area contributed by atoms with Gasteiger partial charge in [-0.2, -0.15) is 0 Å². The van der Waals surface area contributed by atoms with Gasteiger partial charge in [-0.25, -0.2) is 9.59 Å². The minimum Gasteiger partial charge on any atom is -0.480 e. The van der Waals surface area contributed by atoms with Gasteiger partial charge in [0.1, 0.15) is 12.1 Å². The van der Waals surface area contributed by atoms with Gasteiger partial charge in [0.25, 0.3) is 0 Å². The fourth-order valence-electron chi connectivity index (χ4n) is 1.34. The van der Waals surface area contributed by atoms with Crippen LogP contribution in [0.4, 0.5) is 4.79 Å². The zero-order valence-electron chi connectivity index (χ0n) is 10.5. The number of primary amides is 1. The van der Waals surface area contributed by atoms with Gasteiger partial charge in [0.15, 0.2) is 0 Å². The first-order valence-corrected chi connectivity index (χ1v) is 5.49. The Kier molecular flexibility index (Phi) is 6.48. The van der Waals surface area contributed by atoms with Crippen LogP contribution in [0.25, 0.3) is 0 Å². The van der Waals surface area contributed by atoms with Crippen LogP contribution in [-0.4, -0.2) is 35.1 Å². The topological polar surface area (TPSA) is 122 Å². The Morgan fingerprint density at radius 3 is 2.22 bits per heavy atom. The van der Waals surface area contributed by atoms with Crippen molar-refractivity contribution in [3.63, 3.8) is 0 Å². The average Bonchev–Trinajstić information content (AvgIpc) is 2.24. The normalized spacial score (nSPS) is 13.5. The van der Waals surface area contributed by atoms with E-state index in [-0.39, 0.29) is 12.3 Å². The zero-order chi connectivity index (χ0) is 14.3. The second kappa shape index (κ2) is 7.31. The van der Waals surface area contributed by atoms with Crippen molar-refractivity contribution in [3.05, 3.63) is 12.7 Å². The lowest BCUT2D eigenvalue weighted by Crippen LogP contribution is -2.54. The number of nitrogens with one attached hydrogen (secondary N) is 2. The van der Waals surface area contributed by atoms with E-state index in [1.54, 1.807) is 13.8 Å². The van der Waals surface area contributed by atoms with E-state index in [1.165, 1.54) is 6.08 Å². The van der Waals surface area contributed by atoms with Crippen LogP contribution in [0.2, 0.25) is 0 Å². The van der Waals surface area contributed by atoms with Crippen LogP contribution in [0.5, 0.6) is 0 Å². The highest BCUT2D eigenvalue weighted by molar-refractivity contribution is 5.89. The molecule has 2 unspecified atom stereocenters. The lowest BCUT2D eigenvalue weighted by atomic mass is 10.0. The second-order valence-corrected chi connectivity index (χ2v) is 4.15. The van der Waals surface area contributed by atoms with Crippen molar-refractivity contribution in [1.29, 1.82) is 0 Å². The number of urea groups is 1. The minimum atomic E-state index is -1.16. The molecule has 0 heterocycles. The van der Waals surface area contributed by atoms with Gasteiger partial charge < -0.3 is 21.5 Å². The van der Waals surface area contributed by atoms with Gasteiger partial charge in [-0.15, -0.1) is 6.58 Å². The molecule has 0 saturated heterocycles. The molecule has 5 N–H and O–H groups in total. The molecule has 0 rings (SSSR count). The predicted molar refractivity (Wildman–Crippen MR) is 65.7 cm³/mol. The lowest BCUT2D eigenvalue weighted by molar-refractivity contribution is -0.142. The van der Waals surface area contributed by atoms with Gasteiger partial charge in [-0.1, -0.05) is 19.9 Å². The molecule has 0 aliphatic rings. The van der Waals surface area contributed by atoms with E-state index in [9.17, 15) is 14.4 Å². The van der Waals surface area contributed by atoms with Gasteiger partial charge in [-0.3, -0.25) is 4.79 Å². The highest BCUT2D eigenvalue weighted by Crippen LogP contribution is 2.03. The number of amides is 3. The molecule has 0 aromatic rings. The summed E-state index contributed by atoms with van der Waals surface area (Å²) >= 11 is 0. The summed E-state index contributed by atoms with van der Waals surface area (Å²) < 4.78 is 0. The maximum Gasteiger partial charge on any atom is 0.326 e. The smallest absolute Gasteiger partial charge is 0.326 e. The van der Waals surface area contributed by atoms with Crippen molar-refractivity contribution in [2.24, 2.45) is 11.7 Å². The number of hydrogen-bond donors (Lipinski definition) is 4. The van der Waals surface area contributed by atoms with Crippen LogP contribution in [0.1, 0.15) is 20.3 Å². The molecule has 0 spiro atoms. The van der Waals surface area contributed by atoms with E-state index in [4.69, 9.17) is 10.8 Å². The molecule has 0 aliphatic carbocycles. The van der Waals surface area contributed by atoms with Crippen molar-refractivity contribution in [2.75, 3.05) is 0 Å². The largest absolute Gasteiger partial charge is 0.480 e. The first kappa shape index (κ1) is 16.0. The monoisotopic (exact) mass is 257 g/mol. The van der Waals surface area contributed by atoms with Crippen molar-refractivity contribution >= 4 is 17.9 Å². The number of carboxylic acids is 1. The third-order valence-corrected chi connectivity index (χ3v) is 2.26.